The Morgan fingerprint density at radius 3 is 2.62 bits per heavy atom. The summed E-state index contributed by atoms with van der Waals surface area (Å²) >= 11 is 1.47. The molecule has 3 aromatic rings. The SMILES string of the molecule is COc1cccc(C(=O)[C@@H]2[C@@H](c3cccs3)C(C#N)(C#N)[C@H]3C=Cc4ccccc4N23)c1. The lowest BCUT2D eigenvalue weighted by molar-refractivity contribution is 0.0951. The molecule has 0 radical (unpaired) electrons. The Balaban J connectivity index is 1.76. The van der Waals surface area contributed by atoms with E-state index in [1.54, 1.807) is 31.4 Å². The minimum atomic E-state index is -1.41. The predicted molar refractivity (Wildman–Crippen MR) is 124 cm³/mol. The van der Waals surface area contributed by atoms with E-state index in [4.69, 9.17) is 4.74 Å². The predicted octanol–water partition coefficient (Wildman–Crippen LogP) is 5.04. The van der Waals surface area contributed by atoms with Crippen molar-refractivity contribution < 1.29 is 9.53 Å². The number of nitrogens with zero attached hydrogens (tertiary/aromatic N) is 3. The number of carbonyl (C=O) groups is 1. The molecule has 0 saturated carbocycles. The molecule has 6 heteroatoms. The third-order valence-electron chi connectivity index (χ3n) is 6.39. The monoisotopic (exact) mass is 437 g/mol. The van der Waals surface area contributed by atoms with Crippen molar-refractivity contribution in [2.45, 2.75) is 18.0 Å². The number of hydrogen-bond acceptors (Lipinski definition) is 6. The lowest BCUT2D eigenvalue weighted by Gasteiger charge is -2.35. The van der Waals surface area contributed by atoms with Crippen LogP contribution in [0.15, 0.2) is 72.1 Å². The quantitative estimate of drug-likeness (QED) is 0.535. The second-order valence-corrected chi connectivity index (χ2v) is 8.88. The molecule has 2 aliphatic rings. The summed E-state index contributed by atoms with van der Waals surface area (Å²) < 4.78 is 5.33. The molecule has 3 heterocycles. The fraction of sp³-hybridized carbons (Fsp3) is 0.192. The van der Waals surface area contributed by atoms with Crippen LogP contribution in [0, 0.1) is 28.1 Å². The van der Waals surface area contributed by atoms with Gasteiger partial charge in [-0.05, 0) is 35.2 Å². The van der Waals surface area contributed by atoms with E-state index in [0.29, 0.717) is 11.3 Å². The van der Waals surface area contributed by atoms with Gasteiger partial charge in [-0.3, -0.25) is 4.79 Å². The minimum absolute atomic E-state index is 0.134. The summed E-state index contributed by atoms with van der Waals surface area (Å²) in [7, 11) is 1.56. The number of fused-ring (bicyclic) bond motifs is 3. The molecule has 156 valence electrons. The molecule has 5 nitrogen and oxygen atoms in total. The smallest absolute Gasteiger partial charge is 0.186 e. The van der Waals surface area contributed by atoms with Crippen LogP contribution in [0.4, 0.5) is 5.69 Å². The highest BCUT2D eigenvalue weighted by molar-refractivity contribution is 7.10. The number of thiophene rings is 1. The average Bonchev–Trinajstić information content (AvgIpc) is 3.48. The maximum absolute atomic E-state index is 14.1. The molecule has 0 unspecified atom stereocenters. The first kappa shape index (κ1) is 20.1. The zero-order valence-electron chi connectivity index (χ0n) is 17.3. The topological polar surface area (TPSA) is 77.1 Å². The van der Waals surface area contributed by atoms with Crippen LogP contribution in [0.5, 0.6) is 5.75 Å². The van der Waals surface area contributed by atoms with Gasteiger partial charge in [0.2, 0.25) is 0 Å². The maximum Gasteiger partial charge on any atom is 0.186 e. The molecule has 32 heavy (non-hydrogen) atoms. The van der Waals surface area contributed by atoms with E-state index in [1.807, 2.05) is 58.8 Å². The van der Waals surface area contributed by atoms with E-state index >= 15 is 0 Å². The first-order valence-corrected chi connectivity index (χ1v) is 11.1. The van der Waals surface area contributed by atoms with Gasteiger partial charge < -0.3 is 9.64 Å². The van der Waals surface area contributed by atoms with Crippen LogP contribution in [-0.2, 0) is 0 Å². The standard InChI is InChI=1S/C26H19N3O2S/c1-31-19-8-4-7-18(14-19)25(30)24-23(21-10-5-13-32-21)26(15-27,16-28)22-12-11-17-6-2-3-9-20(17)29(22)24/h2-14,22-24H,1H3/t22-,23-,24+/m1/s1. The highest BCUT2D eigenvalue weighted by Gasteiger charge is 2.63. The summed E-state index contributed by atoms with van der Waals surface area (Å²) in [5.74, 6) is -0.148. The molecule has 2 aromatic carbocycles. The zero-order valence-corrected chi connectivity index (χ0v) is 18.1. The van der Waals surface area contributed by atoms with Crippen molar-refractivity contribution >= 4 is 28.9 Å². The van der Waals surface area contributed by atoms with Gasteiger partial charge in [-0.15, -0.1) is 11.3 Å². The number of methoxy groups -OCH3 is 1. The molecule has 2 aliphatic heterocycles. The summed E-state index contributed by atoms with van der Waals surface area (Å²) in [5, 5.41) is 22.7. The first-order valence-electron chi connectivity index (χ1n) is 10.2. The number of anilines is 1. The highest BCUT2D eigenvalue weighted by Crippen LogP contribution is 2.56. The van der Waals surface area contributed by atoms with Crippen molar-refractivity contribution in [3.63, 3.8) is 0 Å². The van der Waals surface area contributed by atoms with Crippen molar-refractivity contribution in [2.75, 3.05) is 12.0 Å². The largest absolute Gasteiger partial charge is 0.497 e. The van der Waals surface area contributed by atoms with Crippen LogP contribution in [0.2, 0.25) is 0 Å². The Morgan fingerprint density at radius 2 is 1.91 bits per heavy atom. The minimum Gasteiger partial charge on any atom is -0.497 e. The molecule has 1 saturated heterocycles. The van der Waals surface area contributed by atoms with Crippen molar-refractivity contribution in [1.82, 2.24) is 0 Å². The van der Waals surface area contributed by atoms with E-state index in [-0.39, 0.29) is 5.78 Å². The van der Waals surface area contributed by atoms with E-state index in [1.165, 1.54) is 11.3 Å². The van der Waals surface area contributed by atoms with Gasteiger partial charge in [-0.2, -0.15) is 10.5 Å². The summed E-state index contributed by atoms with van der Waals surface area (Å²) in [6.45, 7) is 0. The molecule has 0 aliphatic carbocycles. The van der Waals surface area contributed by atoms with E-state index in [9.17, 15) is 15.3 Å². The number of ether oxygens (including phenoxy) is 1. The Morgan fingerprint density at radius 1 is 1.09 bits per heavy atom. The molecular formula is C26H19N3O2S. The number of carbonyl (C=O) groups excluding carboxylic acids is 1. The lowest BCUT2D eigenvalue weighted by atomic mass is 9.71. The van der Waals surface area contributed by atoms with Gasteiger partial charge in [-0.25, -0.2) is 0 Å². The van der Waals surface area contributed by atoms with Crippen molar-refractivity contribution in [3.05, 3.63) is 88.1 Å². The lowest BCUT2D eigenvalue weighted by Crippen LogP contribution is -2.44. The third-order valence-corrected chi connectivity index (χ3v) is 7.34. The number of ketones is 1. The van der Waals surface area contributed by atoms with Crippen LogP contribution in [0.1, 0.15) is 26.7 Å². The normalized spacial score (nSPS) is 22.3. The molecule has 5 rings (SSSR count). The Bertz CT molecular complexity index is 1290. The van der Waals surface area contributed by atoms with Crippen molar-refractivity contribution in [2.24, 2.45) is 5.41 Å². The van der Waals surface area contributed by atoms with Crippen molar-refractivity contribution in [3.8, 4) is 17.9 Å². The molecule has 0 amide bonds. The first-order chi connectivity index (χ1) is 15.6. The van der Waals surface area contributed by atoms with Crippen LogP contribution < -0.4 is 9.64 Å². The van der Waals surface area contributed by atoms with Gasteiger partial charge in [0.05, 0.1) is 31.2 Å². The Kier molecular flexibility index (Phi) is 4.81. The molecule has 1 aromatic heterocycles. The van der Waals surface area contributed by atoms with Gasteiger partial charge in [0.15, 0.2) is 11.2 Å². The Hall–Kier alpha value is -3.87. The fourth-order valence-corrected chi connectivity index (χ4v) is 5.89. The number of rotatable bonds is 4. The van der Waals surface area contributed by atoms with Crippen molar-refractivity contribution in [1.29, 1.82) is 10.5 Å². The number of para-hydroxylation sites is 1. The Labute approximate surface area is 190 Å². The van der Waals surface area contributed by atoms with Gasteiger partial charge in [0.25, 0.3) is 0 Å². The van der Waals surface area contributed by atoms with E-state index in [2.05, 4.69) is 12.1 Å². The zero-order chi connectivity index (χ0) is 22.3. The fourth-order valence-electron chi connectivity index (χ4n) is 4.96. The summed E-state index contributed by atoms with van der Waals surface area (Å²) in [6.07, 6.45) is 3.85. The van der Waals surface area contributed by atoms with Gasteiger partial charge in [0, 0.05) is 16.1 Å². The van der Waals surface area contributed by atoms with Gasteiger partial charge >= 0.3 is 0 Å². The highest BCUT2D eigenvalue weighted by atomic mass is 32.1. The van der Waals surface area contributed by atoms with Crippen LogP contribution in [0.3, 0.4) is 0 Å². The molecule has 3 atom stereocenters. The van der Waals surface area contributed by atoms with E-state index < -0.39 is 23.4 Å². The number of Topliss-reactive ketones (excluding diaryl/α,β-unsaturated/α-hetero) is 1. The molecule has 0 spiro atoms. The number of hydrogen-bond donors (Lipinski definition) is 0. The molecule has 0 bridgehead atoms. The third kappa shape index (κ3) is 2.77. The molecule has 0 N–H and O–H groups in total. The molecular weight excluding hydrogens is 418 g/mol. The number of nitriles is 2. The van der Waals surface area contributed by atoms with Crippen LogP contribution in [-0.4, -0.2) is 25.0 Å². The van der Waals surface area contributed by atoms with Crippen LogP contribution >= 0.6 is 11.3 Å². The number of benzene rings is 2. The second kappa shape index (κ2) is 7.67. The van der Waals surface area contributed by atoms with Gasteiger partial charge in [-0.1, -0.05) is 48.6 Å². The maximum atomic E-state index is 14.1. The summed E-state index contributed by atoms with van der Waals surface area (Å²) in [6, 6.07) is 22.1. The summed E-state index contributed by atoms with van der Waals surface area (Å²) in [5.41, 5.74) is 0.904. The van der Waals surface area contributed by atoms with E-state index in [0.717, 1.165) is 16.1 Å². The summed E-state index contributed by atoms with van der Waals surface area (Å²) in [4.78, 5) is 16.9. The second-order valence-electron chi connectivity index (χ2n) is 7.90. The average molecular weight is 438 g/mol. The van der Waals surface area contributed by atoms with Gasteiger partial charge in [0.1, 0.15) is 11.8 Å². The van der Waals surface area contributed by atoms with Crippen LogP contribution in [0.25, 0.3) is 6.08 Å². The molecule has 1 fully saturated rings.